The lowest BCUT2D eigenvalue weighted by atomic mass is 10.0. The Morgan fingerprint density at radius 3 is 2.52 bits per heavy atom. The first-order chi connectivity index (χ1) is 13.8. The lowest BCUT2D eigenvalue weighted by Crippen LogP contribution is -2.19. The van der Waals surface area contributed by atoms with E-state index in [0.717, 1.165) is 16.9 Å². The topological polar surface area (TPSA) is 111 Å². The molecule has 2 aromatic carbocycles. The summed E-state index contributed by atoms with van der Waals surface area (Å²) in [6.45, 7) is 6.32. The number of nitriles is 1. The minimum absolute atomic E-state index is 0.107. The number of carbonyl (C=O) groups is 2. The number of carbonyl (C=O) groups excluding carboxylic acids is 1. The number of aryl methyl sites for hydroxylation is 1. The summed E-state index contributed by atoms with van der Waals surface area (Å²) in [5, 5.41) is 23.9. The number of rotatable bonds is 8. The zero-order valence-electron chi connectivity index (χ0n) is 16.5. The number of hydrogen-bond donors (Lipinski definition) is 3. The molecule has 1 amide bonds. The highest BCUT2D eigenvalue weighted by Gasteiger charge is 2.14. The van der Waals surface area contributed by atoms with Crippen LogP contribution in [0.4, 0.5) is 5.69 Å². The average molecular weight is 393 g/mol. The maximum absolute atomic E-state index is 12.4. The normalized spacial score (nSPS) is 11.9. The quantitative estimate of drug-likeness (QED) is 0.465. The molecule has 2 aromatic rings. The van der Waals surface area contributed by atoms with Crippen LogP contribution in [0.3, 0.4) is 0 Å². The van der Waals surface area contributed by atoms with Gasteiger partial charge in [0.15, 0.2) is 0 Å². The summed E-state index contributed by atoms with van der Waals surface area (Å²) in [4.78, 5) is 23.2. The van der Waals surface area contributed by atoms with Crippen LogP contribution in [-0.4, -0.2) is 23.6 Å². The Bertz CT molecular complexity index is 959. The van der Waals surface area contributed by atoms with Crippen molar-refractivity contribution in [1.29, 1.82) is 5.26 Å². The fraction of sp³-hybridized carbons (Fsp3) is 0.227. The zero-order chi connectivity index (χ0) is 21.4. The molecule has 0 fully saturated rings. The van der Waals surface area contributed by atoms with Gasteiger partial charge in [0.2, 0.25) is 0 Å². The van der Waals surface area contributed by atoms with Crippen molar-refractivity contribution < 1.29 is 19.4 Å². The molecule has 0 aliphatic rings. The Labute approximate surface area is 169 Å². The number of nitrogens with one attached hydrogen (secondary N) is 2. The molecule has 0 spiro atoms. The standard InChI is InChI=1S/C22H23N3O4/c1-4-29-20-10-5-14(2)11-19(20)15(3)24-13-17(12-23)21(26)25-18-8-6-16(7-9-18)22(27)28/h5-11,13,15,24H,4H2,1-3H3,(H,25,26)(H,27,28)/b17-13-. The first-order valence-corrected chi connectivity index (χ1v) is 9.10. The molecule has 0 radical (unpaired) electrons. The van der Waals surface area contributed by atoms with E-state index in [0.29, 0.717) is 12.3 Å². The highest BCUT2D eigenvalue weighted by molar-refractivity contribution is 6.06. The van der Waals surface area contributed by atoms with Crippen LogP contribution in [0.5, 0.6) is 5.75 Å². The van der Waals surface area contributed by atoms with Gasteiger partial charge >= 0.3 is 5.97 Å². The van der Waals surface area contributed by atoms with Crippen LogP contribution in [0.25, 0.3) is 0 Å². The fourth-order valence-corrected chi connectivity index (χ4v) is 2.63. The average Bonchev–Trinajstić information content (AvgIpc) is 2.70. The Morgan fingerprint density at radius 2 is 1.93 bits per heavy atom. The van der Waals surface area contributed by atoms with Crippen LogP contribution in [0.15, 0.2) is 54.2 Å². The SMILES string of the molecule is CCOc1ccc(C)cc1C(C)N/C=C(/C#N)C(=O)Nc1ccc(C(=O)O)cc1. The highest BCUT2D eigenvalue weighted by atomic mass is 16.5. The van der Waals surface area contributed by atoms with E-state index in [9.17, 15) is 14.9 Å². The van der Waals surface area contributed by atoms with Gasteiger partial charge < -0.3 is 20.5 Å². The van der Waals surface area contributed by atoms with Gasteiger partial charge in [-0.15, -0.1) is 0 Å². The maximum Gasteiger partial charge on any atom is 0.335 e. The Morgan fingerprint density at radius 1 is 1.24 bits per heavy atom. The number of anilines is 1. The molecule has 0 aliphatic carbocycles. The minimum atomic E-state index is -1.05. The van der Waals surface area contributed by atoms with Gasteiger partial charge in [0.05, 0.1) is 18.2 Å². The van der Waals surface area contributed by atoms with E-state index in [-0.39, 0.29) is 17.2 Å². The summed E-state index contributed by atoms with van der Waals surface area (Å²) < 4.78 is 5.65. The Hall–Kier alpha value is -3.79. The number of amides is 1. The van der Waals surface area contributed by atoms with Crippen LogP contribution >= 0.6 is 0 Å². The second kappa shape index (κ2) is 9.95. The Balaban J connectivity index is 2.11. The van der Waals surface area contributed by atoms with Crippen LogP contribution in [0.2, 0.25) is 0 Å². The van der Waals surface area contributed by atoms with Crippen molar-refractivity contribution >= 4 is 17.6 Å². The van der Waals surface area contributed by atoms with Crippen LogP contribution in [0.1, 0.15) is 41.4 Å². The first-order valence-electron chi connectivity index (χ1n) is 9.10. The number of benzene rings is 2. The van der Waals surface area contributed by atoms with Crippen molar-refractivity contribution in [3.05, 3.63) is 70.9 Å². The third-order valence-electron chi connectivity index (χ3n) is 4.16. The van der Waals surface area contributed by atoms with Gasteiger partial charge in [0, 0.05) is 17.5 Å². The zero-order valence-corrected chi connectivity index (χ0v) is 16.5. The summed E-state index contributed by atoms with van der Waals surface area (Å²) in [5.41, 5.74) is 2.39. The number of carboxylic acids is 1. The number of nitrogens with zero attached hydrogens (tertiary/aromatic N) is 1. The molecule has 7 heteroatoms. The molecule has 0 saturated carbocycles. The van der Waals surface area contributed by atoms with E-state index in [1.165, 1.54) is 30.5 Å². The summed E-state index contributed by atoms with van der Waals surface area (Å²) >= 11 is 0. The van der Waals surface area contributed by atoms with Crippen molar-refractivity contribution in [1.82, 2.24) is 5.32 Å². The maximum atomic E-state index is 12.4. The molecule has 2 rings (SSSR count). The first kappa shape index (κ1) is 21.5. The van der Waals surface area contributed by atoms with Gasteiger partial charge in [-0.3, -0.25) is 4.79 Å². The van der Waals surface area contributed by atoms with Crippen LogP contribution in [0, 0.1) is 18.3 Å². The van der Waals surface area contributed by atoms with Crippen molar-refractivity contribution in [2.24, 2.45) is 0 Å². The Kier molecular flexibility index (Phi) is 7.38. The molecule has 0 heterocycles. The molecule has 0 bridgehead atoms. The van der Waals surface area contributed by atoms with E-state index in [1.807, 2.05) is 45.0 Å². The van der Waals surface area contributed by atoms with Crippen molar-refractivity contribution in [2.75, 3.05) is 11.9 Å². The van der Waals surface area contributed by atoms with Gasteiger partial charge in [0.25, 0.3) is 5.91 Å². The molecular formula is C22H23N3O4. The van der Waals surface area contributed by atoms with E-state index >= 15 is 0 Å². The van der Waals surface area contributed by atoms with E-state index in [4.69, 9.17) is 9.84 Å². The third-order valence-corrected chi connectivity index (χ3v) is 4.16. The molecule has 0 aliphatic heterocycles. The number of carboxylic acid groups (broad SMARTS) is 1. The fourth-order valence-electron chi connectivity index (χ4n) is 2.63. The number of hydrogen-bond acceptors (Lipinski definition) is 5. The third kappa shape index (κ3) is 5.84. The van der Waals surface area contributed by atoms with Crippen LogP contribution in [-0.2, 0) is 4.79 Å². The molecule has 7 nitrogen and oxygen atoms in total. The van der Waals surface area contributed by atoms with E-state index in [2.05, 4.69) is 10.6 Å². The van der Waals surface area contributed by atoms with Gasteiger partial charge in [-0.1, -0.05) is 17.7 Å². The molecule has 1 unspecified atom stereocenters. The second-order valence-corrected chi connectivity index (χ2v) is 6.37. The molecule has 1 atom stereocenters. The monoisotopic (exact) mass is 393 g/mol. The van der Waals surface area contributed by atoms with Gasteiger partial charge in [-0.2, -0.15) is 5.26 Å². The van der Waals surface area contributed by atoms with Gasteiger partial charge in [-0.25, -0.2) is 4.79 Å². The van der Waals surface area contributed by atoms with E-state index < -0.39 is 11.9 Å². The summed E-state index contributed by atoms with van der Waals surface area (Å²) in [5.74, 6) is -0.904. The van der Waals surface area contributed by atoms with Crippen molar-refractivity contribution in [2.45, 2.75) is 26.8 Å². The van der Waals surface area contributed by atoms with E-state index in [1.54, 1.807) is 0 Å². The van der Waals surface area contributed by atoms with Gasteiger partial charge in [0.1, 0.15) is 17.4 Å². The number of aromatic carboxylic acids is 1. The second-order valence-electron chi connectivity index (χ2n) is 6.37. The lowest BCUT2D eigenvalue weighted by Gasteiger charge is -2.18. The van der Waals surface area contributed by atoms with Crippen molar-refractivity contribution in [3.8, 4) is 11.8 Å². The molecule has 0 aromatic heterocycles. The molecular weight excluding hydrogens is 370 g/mol. The molecule has 29 heavy (non-hydrogen) atoms. The molecule has 0 saturated heterocycles. The predicted molar refractivity (Wildman–Crippen MR) is 110 cm³/mol. The number of ether oxygens (including phenoxy) is 1. The highest BCUT2D eigenvalue weighted by Crippen LogP contribution is 2.26. The minimum Gasteiger partial charge on any atom is -0.494 e. The van der Waals surface area contributed by atoms with Crippen molar-refractivity contribution in [3.63, 3.8) is 0 Å². The molecule has 150 valence electrons. The smallest absolute Gasteiger partial charge is 0.335 e. The van der Waals surface area contributed by atoms with Crippen LogP contribution < -0.4 is 15.4 Å². The summed E-state index contributed by atoms with van der Waals surface area (Å²) in [6.07, 6.45) is 1.36. The molecule has 3 N–H and O–H groups in total. The lowest BCUT2D eigenvalue weighted by molar-refractivity contribution is -0.112. The summed E-state index contributed by atoms with van der Waals surface area (Å²) in [6, 6.07) is 13.2. The largest absolute Gasteiger partial charge is 0.494 e. The van der Waals surface area contributed by atoms with Gasteiger partial charge in [-0.05, 0) is 51.1 Å². The predicted octanol–water partition coefficient (Wildman–Crippen LogP) is 3.79. The summed E-state index contributed by atoms with van der Waals surface area (Å²) in [7, 11) is 0.